The first-order valence-corrected chi connectivity index (χ1v) is 4.98. The van der Waals surface area contributed by atoms with Crippen LogP contribution in [0.4, 0.5) is 18.9 Å². The van der Waals surface area contributed by atoms with Gasteiger partial charge in [-0.1, -0.05) is 11.6 Å². The summed E-state index contributed by atoms with van der Waals surface area (Å²) in [4.78, 5) is 11.3. The minimum atomic E-state index is -4.61. The lowest BCUT2D eigenvalue weighted by molar-refractivity contribution is -0.137. The maximum atomic E-state index is 12.5. The normalized spacial score (nSPS) is 11.4. The Morgan fingerprint density at radius 1 is 1.47 bits per heavy atom. The molecule has 0 radical (unpaired) electrons. The van der Waals surface area contributed by atoms with E-state index in [-0.39, 0.29) is 17.9 Å². The molecule has 0 spiro atoms. The molecule has 0 aliphatic rings. The highest BCUT2D eigenvalue weighted by molar-refractivity contribution is 6.32. The largest absolute Gasteiger partial charge is 0.462 e. The van der Waals surface area contributed by atoms with Crippen LogP contribution in [0.15, 0.2) is 12.1 Å². The Bertz CT molecular complexity index is 446. The lowest BCUT2D eigenvalue weighted by atomic mass is 10.1. The van der Waals surface area contributed by atoms with Gasteiger partial charge in [-0.3, -0.25) is 0 Å². The fourth-order valence-electron chi connectivity index (χ4n) is 1.19. The van der Waals surface area contributed by atoms with E-state index in [0.29, 0.717) is 6.07 Å². The van der Waals surface area contributed by atoms with Gasteiger partial charge in [0.1, 0.15) is 0 Å². The van der Waals surface area contributed by atoms with Gasteiger partial charge in [0, 0.05) is 5.69 Å². The summed E-state index contributed by atoms with van der Waals surface area (Å²) in [6.07, 6.45) is -4.61. The molecule has 0 atom stereocenters. The Labute approximate surface area is 100 Å². The van der Waals surface area contributed by atoms with E-state index in [9.17, 15) is 18.0 Å². The molecule has 7 heteroatoms. The Morgan fingerprint density at radius 3 is 2.53 bits per heavy atom. The van der Waals surface area contributed by atoms with Crippen molar-refractivity contribution in [3.05, 3.63) is 28.3 Å². The van der Waals surface area contributed by atoms with Crippen LogP contribution in [-0.4, -0.2) is 12.6 Å². The van der Waals surface area contributed by atoms with Crippen molar-refractivity contribution >= 4 is 23.3 Å². The fourth-order valence-corrected chi connectivity index (χ4v) is 1.46. The van der Waals surface area contributed by atoms with E-state index in [4.69, 9.17) is 17.3 Å². The smallest absolute Gasteiger partial charge is 0.417 e. The first-order chi connectivity index (χ1) is 7.77. The zero-order valence-corrected chi connectivity index (χ0v) is 9.52. The van der Waals surface area contributed by atoms with E-state index in [1.54, 1.807) is 6.92 Å². The summed E-state index contributed by atoms with van der Waals surface area (Å²) >= 11 is 5.45. The minimum Gasteiger partial charge on any atom is -0.462 e. The number of rotatable bonds is 2. The molecule has 0 bridgehead atoms. The van der Waals surface area contributed by atoms with Gasteiger partial charge in [0.15, 0.2) is 0 Å². The van der Waals surface area contributed by atoms with Crippen LogP contribution in [0.3, 0.4) is 0 Å². The lowest BCUT2D eigenvalue weighted by Gasteiger charge is -2.12. The predicted molar refractivity (Wildman–Crippen MR) is 56.8 cm³/mol. The predicted octanol–water partition coefficient (Wildman–Crippen LogP) is 3.12. The number of ether oxygens (including phenoxy) is 1. The van der Waals surface area contributed by atoms with Gasteiger partial charge in [0.2, 0.25) is 0 Å². The van der Waals surface area contributed by atoms with Gasteiger partial charge in [-0.15, -0.1) is 0 Å². The zero-order chi connectivity index (χ0) is 13.2. The number of carbonyl (C=O) groups is 1. The van der Waals surface area contributed by atoms with Crippen molar-refractivity contribution < 1.29 is 22.7 Å². The fraction of sp³-hybridized carbons (Fsp3) is 0.300. The molecule has 2 N–H and O–H groups in total. The summed E-state index contributed by atoms with van der Waals surface area (Å²) in [5.41, 5.74) is 3.78. The van der Waals surface area contributed by atoms with Gasteiger partial charge in [0.05, 0.1) is 22.8 Å². The molecule has 0 aliphatic carbocycles. The van der Waals surface area contributed by atoms with Crippen LogP contribution >= 0.6 is 11.6 Å². The number of hydrogen-bond donors (Lipinski definition) is 1. The molecule has 0 saturated heterocycles. The lowest BCUT2D eigenvalue weighted by Crippen LogP contribution is -2.12. The van der Waals surface area contributed by atoms with Gasteiger partial charge < -0.3 is 10.5 Å². The average Bonchev–Trinajstić information content (AvgIpc) is 2.19. The number of esters is 1. The molecule has 94 valence electrons. The van der Waals surface area contributed by atoms with Crippen LogP contribution < -0.4 is 5.73 Å². The number of anilines is 1. The van der Waals surface area contributed by atoms with Crippen LogP contribution in [0.25, 0.3) is 0 Å². The van der Waals surface area contributed by atoms with E-state index in [1.165, 1.54) is 0 Å². The van der Waals surface area contributed by atoms with Crippen LogP contribution in [0.1, 0.15) is 22.8 Å². The second kappa shape index (κ2) is 4.83. The average molecular weight is 268 g/mol. The summed E-state index contributed by atoms with van der Waals surface area (Å²) in [6.45, 7) is 1.66. The second-order valence-corrected chi connectivity index (χ2v) is 3.54. The third-order valence-corrected chi connectivity index (χ3v) is 2.25. The van der Waals surface area contributed by atoms with Crippen molar-refractivity contribution in [3.8, 4) is 0 Å². The molecule has 1 rings (SSSR count). The van der Waals surface area contributed by atoms with E-state index in [2.05, 4.69) is 4.74 Å². The van der Waals surface area contributed by atoms with Gasteiger partial charge in [-0.2, -0.15) is 13.2 Å². The van der Waals surface area contributed by atoms with E-state index in [1.807, 2.05) is 0 Å². The van der Waals surface area contributed by atoms with Crippen molar-refractivity contribution in [1.82, 2.24) is 0 Å². The molecule has 1 aromatic rings. The van der Waals surface area contributed by atoms with Crippen LogP contribution in [0, 0.1) is 0 Å². The quantitative estimate of drug-likeness (QED) is 0.662. The molecule has 0 fully saturated rings. The number of benzene rings is 1. The summed E-state index contributed by atoms with van der Waals surface area (Å²) < 4.78 is 42.0. The van der Waals surface area contributed by atoms with E-state index < -0.39 is 22.7 Å². The number of nitrogens with two attached hydrogens (primary N) is 1. The van der Waals surface area contributed by atoms with Crippen LogP contribution in [-0.2, 0) is 10.9 Å². The first-order valence-electron chi connectivity index (χ1n) is 4.60. The number of alkyl halides is 3. The molecule has 0 saturated carbocycles. The number of carbonyl (C=O) groups excluding carboxylic acids is 1. The highest BCUT2D eigenvalue weighted by atomic mass is 35.5. The standard InChI is InChI=1S/C10H9ClF3NO2/c1-2-17-9(16)5-3-7(11)6(4-8(5)15)10(12,13)14/h3-4H,2,15H2,1H3. The molecule has 0 amide bonds. The Morgan fingerprint density at radius 2 is 2.06 bits per heavy atom. The number of nitrogen functional groups attached to an aromatic ring is 1. The van der Waals surface area contributed by atoms with Crippen LogP contribution in [0.5, 0.6) is 0 Å². The third-order valence-electron chi connectivity index (χ3n) is 1.94. The van der Waals surface area contributed by atoms with Gasteiger partial charge >= 0.3 is 12.1 Å². The first kappa shape index (κ1) is 13.6. The molecule has 0 aliphatic heterocycles. The van der Waals surface area contributed by atoms with Crippen molar-refractivity contribution in [1.29, 1.82) is 0 Å². The molecule has 3 nitrogen and oxygen atoms in total. The van der Waals surface area contributed by atoms with Gasteiger partial charge in [-0.05, 0) is 19.1 Å². The number of hydrogen-bond acceptors (Lipinski definition) is 3. The third kappa shape index (κ3) is 3.03. The van der Waals surface area contributed by atoms with E-state index >= 15 is 0 Å². The number of halogens is 4. The molecule has 0 heterocycles. The van der Waals surface area contributed by atoms with Crippen LogP contribution in [0.2, 0.25) is 5.02 Å². The van der Waals surface area contributed by atoms with Crippen molar-refractivity contribution in [3.63, 3.8) is 0 Å². The Hall–Kier alpha value is -1.43. The van der Waals surface area contributed by atoms with Crippen molar-refractivity contribution in [2.24, 2.45) is 0 Å². The summed E-state index contributed by atoms with van der Waals surface area (Å²) in [6, 6.07) is 1.48. The van der Waals surface area contributed by atoms with Crippen molar-refractivity contribution in [2.45, 2.75) is 13.1 Å². The van der Waals surface area contributed by atoms with Gasteiger partial charge in [0.25, 0.3) is 0 Å². The molecule has 0 aromatic heterocycles. The minimum absolute atomic E-state index is 0.0942. The second-order valence-electron chi connectivity index (χ2n) is 3.14. The molecule has 1 aromatic carbocycles. The summed E-state index contributed by atoms with van der Waals surface area (Å²) in [5.74, 6) is -0.805. The van der Waals surface area contributed by atoms with E-state index in [0.717, 1.165) is 6.07 Å². The maximum absolute atomic E-state index is 12.5. The summed E-state index contributed by atoms with van der Waals surface area (Å²) in [7, 11) is 0. The monoisotopic (exact) mass is 267 g/mol. The topological polar surface area (TPSA) is 52.3 Å². The SMILES string of the molecule is CCOC(=O)c1cc(Cl)c(C(F)(F)F)cc1N. The highest BCUT2D eigenvalue weighted by Crippen LogP contribution is 2.37. The molecule has 17 heavy (non-hydrogen) atoms. The van der Waals surface area contributed by atoms with Gasteiger partial charge in [-0.25, -0.2) is 4.79 Å². The zero-order valence-electron chi connectivity index (χ0n) is 8.77. The Balaban J connectivity index is 3.23. The summed E-state index contributed by atoms with van der Waals surface area (Å²) in [5, 5.41) is -0.588. The molecule has 0 unspecified atom stereocenters. The molecular formula is C10H9ClF3NO2. The molecular weight excluding hydrogens is 259 g/mol. The highest BCUT2D eigenvalue weighted by Gasteiger charge is 2.34. The Kier molecular flexibility index (Phi) is 3.87. The van der Waals surface area contributed by atoms with Crippen molar-refractivity contribution in [2.75, 3.05) is 12.3 Å². The maximum Gasteiger partial charge on any atom is 0.417 e.